The van der Waals surface area contributed by atoms with Crippen LogP contribution in [0.2, 0.25) is 0 Å². The lowest BCUT2D eigenvalue weighted by Crippen LogP contribution is -2.39. The Morgan fingerprint density at radius 2 is 1.59 bits per heavy atom. The Balaban J connectivity index is 1.94. The van der Waals surface area contributed by atoms with Gasteiger partial charge in [-0.2, -0.15) is 4.89 Å². The average molecular weight is 242 g/mol. The predicted molar refractivity (Wildman–Crippen MR) is 66.2 cm³/mol. The summed E-state index contributed by atoms with van der Waals surface area (Å²) in [6.45, 7) is 2.86. The van der Waals surface area contributed by atoms with Crippen molar-refractivity contribution in [3.63, 3.8) is 0 Å². The topological polar surface area (TPSA) is 27.7 Å². The van der Waals surface area contributed by atoms with Gasteiger partial charge in [-0.3, -0.25) is 0 Å². The van der Waals surface area contributed by atoms with E-state index in [1.54, 1.807) is 0 Å². The van der Waals surface area contributed by atoms with Gasteiger partial charge in [-0.1, -0.05) is 37.1 Å². The summed E-state index contributed by atoms with van der Waals surface area (Å²) < 4.78 is 0. The molecule has 0 N–H and O–H groups in total. The number of hydrogen-bond acceptors (Lipinski definition) is 3. The van der Waals surface area contributed by atoms with E-state index in [0.29, 0.717) is 12.5 Å². The summed E-state index contributed by atoms with van der Waals surface area (Å²) in [7, 11) is 0. The molecule has 100 valence electrons. The third-order valence-electron chi connectivity index (χ3n) is 4.39. The predicted octanol–water partition coefficient (Wildman–Crippen LogP) is 4.17. The monoisotopic (exact) mass is 242 g/mol. The molecular weight excluding hydrogens is 216 g/mol. The Morgan fingerprint density at radius 1 is 0.882 bits per heavy atom. The molecule has 1 aliphatic carbocycles. The van der Waals surface area contributed by atoms with Crippen LogP contribution in [0.5, 0.6) is 0 Å². The molecular formula is C14H26O3. The zero-order chi connectivity index (χ0) is 12.0. The van der Waals surface area contributed by atoms with Crippen molar-refractivity contribution in [3.05, 3.63) is 0 Å². The molecule has 1 unspecified atom stereocenters. The maximum atomic E-state index is 5.58. The molecule has 2 fully saturated rings. The van der Waals surface area contributed by atoms with Crippen molar-refractivity contribution in [1.29, 1.82) is 0 Å². The summed E-state index contributed by atoms with van der Waals surface area (Å²) in [5.41, 5.74) is -0.141. The van der Waals surface area contributed by atoms with Gasteiger partial charge < -0.3 is 0 Å². The largest absolute Gasteiger partial charge is 0.206 e. The van der Waals surface area contributed by atoms with Gasteiger partial charge in [0.05, 0.1) is 6.61 Å². The van der Waals surface area contributed by atoms with Crippen molar-refractivity contribution in [3.8, 4) is 0 Å². The normalized spacial score (nSPS) is 34.4. The average Bonchev–Trinajstić information content (AvgIpc) is 2.23. The molecule has 3 heteroatoms. The van der Waals surface area contributed by atoms with Crippen molar-refractivity contribution in [2.24, 2.45) is 5.92 Å². The molecule has 1 saturated carbocycles. The van der Waals surface area contributed by atoms with E-state index in [1.807, 2.05) is 0 Å². The standard InChI is InChI=1S/C14H26O3/c1-14(11-7-8-12-15-17-16-14)13-9-5-3-2-4-6-10-13/h13H,2-12H2,1H3. The smallest absolute Gasteiger partial charge is 0.107 e. The van der Waals surface area contributed by atoms with E-state index >= 15 is 0 Å². The quantitative estimate of drug-likeness (QED) is 0.646. The second-order valence-corrected chi connectivity index (χ2v) is 5.79. The van der Waals surface area contributed by atoms with Gasteiger partial charge in [0.2, 0.25) is 0 Å². The molecule has 3 nitrogen and oxygen atoms in total. The van der Waals surface area contributed by atoms with Gasteiger partial charge in [0.1, 0.15) is 5.60 Å². The first-order chi connectivity index (χ1) is 8.31. The maximum absolute atomic E-state index is 5.58. The Morgan fingerprint density at radius 3 is 2.35 bits per heavy atom. The van der Waals surface area contributed by atoms with Crippen LogP contribution in [0.25, 0.3) is 0 Å². The van der Waals surface area contributed by atoms with Crippen molar-refractivity contribution in [1.82, 2.24) is 0 Å². The van der Waals surface area contributed by atoms with E-state index in [9.17, 15) is 0 Å². The fraction of sp³-hybridized carbons (Fsp3) is 1.00. The highest BCUT2D eigenvalue weighted by atomic mass is 17.5. The zero-order valence-corrected chi connectivity index (χ0v) is 11.1. The molecule has 0 radical (unpaired) electrons. The molecule has 0 aromatic heterocycles. The highest BCUT2D eigenvalue weighted by Gasteiger charge is 2.37. The lowest BCUT2D eigenvalue weighted by atomic mass is 9.77. The molecule has 1 saturated heterocycles. The number of hydrogen-bond donors (Lipinski definition) is 0. The number of rotatable bonds is 1. The van der Waals surface area contributed by atoms with Gasteiger partial charge in [0.15, 0.2) is 0 Å². The summed E-state index contributed by atoms with van der Waals surface area (Å²) in [6, 6.07) is 0. The van der Waals surface area contributed by atoms with E-state index < -0.39 is 0 Å². The van der Waals surface area contributed by atoms with E-state index in [4.69, 9.17) is 14.8 Å². The highest BCUT2D eigenvalue weighted by Crippen LogP contribution is 2.37. The van der Waals surface area contributed by atoms with Gasteiger partial charge in [0.25, 0.3) is 0 Å². The van der Waals surface area contributed by atoms with Crippen molar-refractivity contribution < 1.29 is 14.8 Å². The van der Waals surface area contributed by atoms with E-state index in [2.05, 4.69) is 6.92 Å². The van der Waals surface area contributed by atoms with Crippen molar-refractivity contribution >= 4 is 0 Å². The molecule has 1 aliphatic heterocycles. The van der Waals surface area contributed by atoms with Gasteiger partial charge in [-0.25, -0.2) is 4.89 Å². The third-order valence-corrected chi connectivity index (χ3v) is 4.39. The second-order valence-electron chi connectivity index (χ2n) is 5.79. The Hall–Kier alpha value is -0.120. The van der Waals surface area contributed by atoms with Crippen LogP contribution in [-0.2, 0) is 14.8 Å². The van der Waals surface area contributed by atoms with Crippen molar-refractivity contribution in [2.75, 3.05) is 6.61 Å². The minimum absolute atomic E-state index is 0.141. The molecule has 0 aromatic carbocycles. The van der Waals surface area contributed by atoms with Crippen LogP contribution < -0.4 is 0 Å². The first kappa shape index (κ1) is 13.3. The molecule has 0 amide bonds. The van der Waals surface area contributed by atoms with Crippen LogP contribution in [-0.4, -0.2) is 12.2 Å². The van der Waals surface area contributed by atoms with Crippen LogP contribution in [0.1, 0.15) is 71.1 Å². The molecule has 2 aliphatic rings. The highest BCUT2D eigenvalue weighted by molar-refractivity contribution is 4.84. The summed E-state index contributed by atoms with van der Waals surface area (Å²) in [5, 5.41) is 4.92. The van der Waals surface area contributed by atoms with Crippen LogP contribution in [0.3, 0.4) is 0 Å². The molecule has 1 heterocycles. The Labute approximate surface area is 105 Å². The lowest BCUT2D eigenvalue weighted by Gasteiger charge is -2.37. The SMILES string of the molecule is CC1(C2CCCCCCC2)CCCCOOO1. The summed E-state index contributed by atoms with van der Waals surface area (Å²) in [4.78, 5) is 10.6. The Kier molecular flexibility index (Phi) is 5.26. The first-order valence-electron chi connectivity index (χ1n) is 7.28. The zero-order valence-electron chi connectivity index (χ0n) is 11.1. The lowest BCUT2D eigenvalue weighted by molar-refractivity contribution is -0.551. The fourth-order valence-corrected chi connectivity index (χ4v) is 3.15. The molecule has 1 atom stereocenters. The molecule has 0 aromatic rings. The van der Waals surface area contributed by atoms with E-state index in [-0.39, 0.29) is 5.60 Å². The summed E-state index contributed by atoms with van der Waals surface area (Å²) >= 11 is 0. The molecule has 0 spiro atoms. The molecule has 17 heavy (non-hydrogen) atoms. The van der Waals surface area contributed by atoms with Crippen LogP contribution in [0.4, 0.5) is 0 Å². The van der Waals surface area contributed by atoms with Crippen LogP contribution in [0, 0.1) is 5.92 Å². The van der Waals surface area contributed by atoms with Crippen LogP contribution in [0.15, 0.2) is 0 Å². The summed E-state index contributed by atoms with van der Waals surface area (Å²) in [6.07, 6.45) is 12.7. The van der Waals surface area contributed by atoms with Crippen LogP contribution >= 0.6 is 0 Å². The van der Waals surface area contributed by atoms with Gasteiger partial charge in [-0.15, -0.1) is 0 Å². The minimum Gasteiger partial charge on any atom is -0.206 e. The second kappa shape index (κ2) is 6.72. The maximum Gasteiger partial charge on any atom is 0.107 e. The van der Waals surface area contributed by atoms with E-state index in [1.165, 1.54) is 51.4 Å². The van der Waals surface area contributed by atoms with Gasteiger partial charge in [0, 0.05) is 0 Å². The summed E-state index contributed by atoms with van der Waals surface area (Å²) in [5.74, 6) is 0.629. The van der Waals surface area contributed by atoms with E-state index in [0.717, 1.165) is 12.8 Å². The van der Waals surface area contributed by atoms with Crippen molar-refractivity contribution in [2.45, 2.75) is 76.7 Å². The first-order valence-corrected chi connectivity index (χ1v) is 7.28. The third kappa shape index (κ3) is 3.94. The Bertz CT molecular complexity index is 202. The minimum atomic E-state index is -0.141. The molecule has 2 rings (SSSR count). The van der Waals surface area contributed by atoms with Gasteiger partial charge in [-0.05, 0) is 44.9 Å². The molecule has 0 bridgehead atoms. The fourth-order valence-electron chi connectivity index (χ4n) is 3.15. The van der Waals surface area contributed by atoms with Gasteiger partial charge >= 0.3 is 0 Å².